The summed E-state index contributed by atoms with van der Waals surface area (Å²) < 4.78 is 11.3. The molecule has 16 heavy (non-hydrogen) atoms. The largest absolute Gasteiger partial charge is 0.353 e. The molecule has 0 aromatic heterocycles. The zero-order chi connectivity index (χ0) is 11.9. The Morgan fingerprint density at radius 2 is 2.06 bits per heavy atom. The minimum atomic E-state index is -0.854. The third-order valence-corrected chi connectivity index (χ3v) is 7.27. The average molecular weight is 244 g/mol. The van der Waals surface area contributed by atoms with Crippen molar-refractivity contribution >= 4 is 8.07 Å². The molecule has 0 spiro atoms. The summed E-state index contributed by atoms with van der Waals surface area (Å²) in [5.41, 5.74) is 0. The molecule has 0 aromatic rings. The lowest BCUT2D eigenvalue weighted by Gasteiger charge is -2.23. The van der Waals surface area contributed by atoms with Gasteiger partial charge in [0.2, 0.25) is 0 Å². The van der Waals surface area contributed by atoms with Crippen LogP contribution in [0, 0.1) is 0 Å². The molecule has 0 amide bonds. The van der Waals surface area contributed by atoms with Gasteiger partial charge in [0.15, 0.2) is 6.29 Å². The molecule has 0 bridgehead atoms. The topological polar surface area (TPSA) is 18.5 Å². The van der Waals surface area contributed by atoms with Gasteiger partial charge in [0.05, 0.1) is 0 Å². The van der Waals surface area contributed by atoms with Crippen molar-refractivity contribution < 1.29 is 9.47 Å². The number of ether oxygens (including phenoxy) is 2. The molecule has 0 aliphatic carbocycles. The Balaban J connectivity index is 1.95. The van der Waals surface area contributed by atoms with Gasteiger partial charge in [-0.2, -0.15) is 0 Å². The molecular formula is C13H28O2Si. The Labute approximate surface area is 102 Å². The molecular weight excluding hydrogens is 216 g/mol. The molecule has 1 aliphatic heterocycles. The Morgan fingerprint density at radius 3 is 2.69 bits per heavy atom. The van der Waals surface area contributed by atoms with E-state index in [0.29, 0.717) is 0 Å². The highest BCUT2D eigenvalue weighted by Crippen LogP contribution is 2.18. The van der Waals surface area contributed by atoms with Crippen molar-refractivity contribution in [2.24, 2.45) is 0 Å². The summed E-state index contributed by atoms with van der Waals surface area (Å²) in [6.45, 7) is 9.08. The monoisotopic (exact) mass is 244 g/mol. The molecule has 3 heteroatoms. The molecule has 96 valence electrons. The van der Waals surface area contributed by atoms with Crippen molar-refractivity contribution in [2.45, 2.75) is 70.5 Å². The maximum Gasteiger partial charge on any atom is 0.157 e. The van der Waals surface area contributed by atoms with Gasteiger partial charge in [-0.15, -0.1) is 0 Å². The van der Waals surface area contributed by atoms with Crippen LogP contribution in [0.15, 0.2) is 0 Å². The summed E-state index contributed by atoms with van der Waals surface area (Å²) in [5, 5.41) is 0. The Hall–Kier alpha value is 0.137. The van der Waals surface area contributed by atoms with E-state index in [1.165, 1.54) is 37.8 Å². The first kappa shape index (κ1) is 14.2. The fourth-order valence-corrected chi connectivity index (χ4v) is 3.50. The lowest BCUT2D eigenvalue weighted by molar-refractivity contribution is -0.162. The van der Waals surface area contributed by atoms with Crippen molar-refractivity contribution in [1.82, 2.24) is 0 Å². The first-order chi connectivity index (χ1) is 7.64. The zero-order valence-corrected chi connectivity index (χ0v) is 12.3. The molecule has 0 radical (unpaired) electrons. The van der Waals surface area contributed by atoms with Gasteiger partial charge in [0, 0.05) is 21.3 Å². The normalized spacial score (nSPS) is 22.3. The highest BCUT2D eigenvalue weighted by molar-refractivity contribution is 6.77. The summed E-state index contributed by atoms with van der Waals surface area (Å²) in [4.78, 5) is 0. The van der Waals surface area contributed by atoms with Crippen LogP contribution in [0.4, 0.5) is 0 Å². The lowest BCUT2D eigenvalue weighted by Crippen LogP contribution is -2.24. The molecule has 1 rings (SSSR count). The fourth-order valence-electron chi connectivity index (χ4n) is 1.94. The van der Waals surface area contributed by atoms with Crippen molar-refractivity contribution in [2.75, 3.05) is 13.2 Å². The van der Waals surface area contributed by atoms with E-state index in [2.05, 4.69) is 20.0 Å². The van der Waals surface area contributed by atoms with Crippen LogP contribution in [-0.2, 0) is 9.47 Å². The van der Waals surface area contributed by atoms with E-state index >= 15 is 0 Å². The van der Waals surface area contributed by atoms with Crippen LogP contribution >= 0.6 is 0 Å². The predicted molar refractivity (Wildman–Crippen MR) is 71.5 cm³/mol. The summed E-state index contributed by atoms with van der Waals surface area (Å²) in [7, 11) is -0.854. The van der Waals surface area contributed by atoms with E-state index in [1.807, 2.05) is 0 Å². The third kappa shape index (κ3) is 6.02. The van der Waals surface area contributed by atoms with Crippen molar-refractivity contribution in [3.8, 4) is 0 Å². The quantitative estimate of drug-likeness (QED) is 0.497. The SMILES string of the molecule is CC[Si](C)(C)CCCCOC1CCCCO1. The average Bonchev–Trinajstić information content (AvgIpc) is 2.30. The predicted octanol–water partition coefficient (Wildman–Crippen LogP) is 4.04. The van der Waals surface area contributed by atoms with Crippen LogP contribution in [0.3, 0.4) is 0 Å². The summed E-state index contributed by atoms with van der Waals surface area (Å²) in [5.74, 6) is 0. The molecule has 1 fully saturated rings. The number of hydrogen-bond donors (Lipinski definition) is 0. The zero-order valence-electron chi connectivity index (χ0n) is 11.3. The molecule has 1 aliphatic rings. The van der Waals surface area contributed by atoms with E-state index in [0.717, 1.165) is 19.6 Å². The second kappa shape index (κ2) is 7.46. The van der Waals surface area contributed by atoms with E-state index in [-0.39, 0.29) is 6.29 Å². The van der Waals surface area contributed by atoms with Crippen LogP contribution in [0.5, 0.6) is 0 Å². The van der Waals surface area contributed by atoms with Gasteiger partial charge in [-0.05, 0) is 25.7 Å². The molecule has 1 saturated heterocycles. The third-order valence-electron chi connectivity index (χ3n) is 3.65. The van der Waals surface area contributed by atoms with Crippen LogP contribution in [0.1, 0.15) is 39.0 Å². The van der Waals surface area contributed by atoms with E-state index in [1.54, 1.807) is 0 Å². The fraction of sp³-hybridized carbons (Fsp3) is 1.00. The second-order valence-electron chi connectivity index (χ2n) is 5.64. The second-order valence-corrected chi connectivity index (χ2v) is 11.2. The van der Waals surface area contributed by atoms with Gasteiger partial charge in [-0.25, -0.2) is 0 Å². The molecule has 1 heterocycles. The Kier molecular flexibility index (Phi) is 6.62. The van der Waals surface area contributed by atoms with Gasteiger partial charge in [0.1, 0.15) is 0 Å². The molecule has 0 saturated carbocycles. The summed E-state index contributed by atoms with van der Waals surface area (Å²) in [6.07, 6.45) is 6.20. The summed E-state index contributed by atoms with van der Waals surface area (Å²) >= 11 is 0. The Bertz CT molecular complexity index is 177. The maximum absolute atomic E-state index is 5.72. The smallest absolute Gasteiger partial charge is 0.157 e. The van der Waals surface area contributed by atoms with E-state index < -0.39 is 8.07 Å². The molecule has 0 N–H and O–H groups in total. The van der Waals surface area contributed by atoms with Crippen molar-refractivity contribution in [1.29, 1.82) is 0 Å². The van der Waals surface area contributed by atoms with Gasteiger partial charge in [0.25, 0.3) is 0 Å². The van der Waals surface area contributed by atoms with Crippen LogP contribution in [0.25, 0.3) is 0 Å². The van der Waals surface area contributed by atoms with Gasteiger partial charge in [-0.3, -0.25) is 0 Å². The number of rotatable bonds is 7. The lowest BCUT2D eigenvalue weighted by atomic mass is 10.2. The van der Waals surface area contributed by atoms with Gasteiger partial charge in [-0.1, -0.05) is 38.5 Å². The van der Waals surface area contributed by atoms with Crippen LogP contribution in [-0.4, -0.2) is 27.6 Å². The Morgan fingerprint density at radius 1 is 1.25 bits per heavy atom. The van der Waals surface area contributed by atoms with Crippen LogP contribution in [0.2, 0.25) is 25.2 Å². The van der Waals surface area contributed by atoms with Crippen LogP contribution < -0.4 is 0 Å². The maximum atomic E-state index is 5.72. The number of hydrogen-bond acceptors (Lipinski definition) is 2. The first-order valence-corrected chi connectivity index (χ1v) is 10.3. The van der Waals surface area contributed by atoms with Gasteiger partial charge < -0.3 is 9.47 Å². The van der Waals surface area contributed by atoms with Gasteiger partial charge >= 0.3 is 0 Å². The highest BCUT2D eigenvalue weighted by atomic mass is 28.3. The molecule has 1 unspecified atom stereocenters. The number of unbranched alkanes of at least 4 members (excludes halogenated alkanes) is 1. The molecule has 1 atom stereocenters. The summed E-state index contributed by atoms with van der Waals surface area (Å²) in [6, 6.07) is 2.85. The highest BCUT2D eigenvalue weighted by Gasteiger charge is 2.17. The van der Waals surface area contributed by atoms with Crippen molar-refractivity contribution in [3.63, 3.8) is 0 Å². The minimum Gasteiger partial charge on any atom is -0.353 e. The first-order valence-electron chi connectivity index (χ1n) is 6.87. The molecule has 2 nitrogen and oxygen atoms in total. The molecule has 0 aromatic carbocycles. The standard InChI is InChI=1S/C13H28O2Si/c1-4-16(2,3)12-8-7-11-15-13-9-5-6-10-14-13/h13H,4-12H2,1-3H3. The van der Waals surface area contributed by atoms with Crippen molar-refractivity contribution in [3.05, 3.63) is 0 Å². The van der Waals surface area contributed by atoms with E-state index in [4.69, 9.17) is 9.47 Å². The van der Waals surface area contributed by atoms with E-state index in [9.17, 15) is 0 Å². The minimum absolute atomic E-state index is 0.102.